The number of benzene rings is 1. The van der Waals surface area contributed by atoms with Crippen molar-refractivity contribution in [2.24, 2.45) is 0 Å². The van der Waals surface area contributed by atoms with E-state index < -0.39 is 12.1 Å². The fourth-order valence-electron chi connectivity index (χ4n) is 1.90. The molecule has 0 aromatic heterocycles. The lowest BCUT2D eigenvalue weighted by Crippen LogP contribution is -2.35. The molecule has 1 aromatic carbocycles. The van der Waals surface area contributed by atoms with Crippen molar-refractivity contribution in [2.45, 2.75) is 18.9 Å². The molecule has 1 unspecified atom stereocenters. The molecule has 0 saturated carbocycles. The van der Waals surface area contributed by atoms with E-state index in [1.54, 1.807) is 25.2 Å². The summed E-state index contributed by atoms with van der Waals surface area (Å²) in [6, 6.07) is 5.33. The van der Waals surface area contributed by atoms with E-state index in [2.05, 4.69) is 0 Å². The summed E-state index contributed by atoms with van der Waals surface area (Å²) in [5, 5.41) is 17.8. The quantitative estimate of drug-likeness (QED) is 0.824. The van der Waals surface area contributed by atoms with Crippen LogP contribution in [0, 0.1) is 0 Å². The maximum atomic E-state index is 11.5. The molecule has 6 nitrogen and oxygen atoms in total. The Labute approximate surface area is 110 Å². The Morgan fingerprint density at radius 3 is 2.95 bits per heavy atom. The minimum Gasteiger partial charge on any atom is -0.482 e. The number of likely N-dealkylation sites (N-methyl/N-ethyl adjacent to an activating group) is 1. The molecule has 1 heterocycles. The summed E-state index contributed by atoms with van der Waals surface area (Å²) in [6.45, 7) is 0.0283. The largest absolute Gasteiger partial charge is 0.482 e. The Balaban J connectivity index is 2.12. The van der Waals surface area contributed by atoms with E-state index in [1.807, 2.05) is 0 Å². The van der Waals surface area contributed by atoms with Crippen LogP contribution in [-0.2, 0) is 16.0 Å². The minimum atomic E-state index is -1.37. The summed E-state index contributed by atoms with van der Waals surface area (Å²) < 4.78 is 5.29. The van der Waals surface area contributed by atoms with Gasteiger partial charge in [-0.2, -0.15) is 0 Å². The van der Waals surface area contributed by atoms with Gasteiger partial charge < -0.3 is 19.8 Å². The summed E-state index contributed by atoms with van der Waals surface area (Å²) in [6.07, 6.45) is -0.818. The van der Waals surface area contributed by atoms with Gasteiger partial charge in [-0.25, -0.2) is 4.79 Å². The molecule has 0 saturated heterocycles. The molecule has 1 atom stereocenters. The third-order valence-corrected chi connectivity index (χ3v) is 3.10. The second kappa shape index (κ2) is 5.27. The molecular weight excluding hydrogens is 250 g/mol. The zero-order valence-electron chi connectivity index (χ0n) is 10.5. The van der Waals surface area contributed by atoms with Crippen molar-refractivity contribution in [2.75, 3.05) is 18.6 Å². The van der Waals surface area contributed by atoms with Gasteiger partial charge in [-0.05, 0) is 30.5 Å². The zero-order chi connectivity index (χ0) is 14.0. The van der Waals surface area contributed by atoms with Crippen molar-refractivity contribution >= 4 is 17.6 Å². The van der Waals surface area contributed by atoms with Crippen molar-refractivity contribution < 1.29 is 24.5 Å². The predicted molar refractivity (Wildman–Crippen MR) is 67.3 cm³/mol. The molecule has 2 N–H and O–H groups in total. The van der Waals surface area contributed by atoms with Crippen molar-refractivity contribution in [3.8, 4) is 5.75 Å². The molecule has 0 fully saturated rings. The smallest absolute Gasteiger partial charge is 0.332 e. The van der Waals surface area contributed by atoms with Gasteiger partial charge in [0.05, 0.1) is 5.69 Å². The number of hydrogen-bond donors (Lipinski definition) is 2. The normalized spacial score (nSPS) is 15.7. The monoisotopic (exact) mass is 265 g/mol. The number of rotatable bonds is 4. The number of anilines is 1. The number of carbonyl (C=O) groups excluding carboxylic acids is 1. The number of ether oxygens (including phenoxy) is 1. The Kier molecular flexibility index (Phi) is 3.71. The fraction of sp³-hybridized carbons (Fsp3) is 0.385. The molecule has 0 aliphatic carbocycles. The van der Waals surface area contributed by atoms with E-state index in [9.17, 15) is 14.7 Å². The summed E-state index contributed by atoms with van der Waals surface area (Å²) in [5.74, 6) is -0.728. The maximum absolute atomic E-state index is 11.5. The highest BCUT2D eigenvalue weighted by molar-refractivity contribution is 5.97. The third kappa shape index (κ3) is 2.85. The summed E-state index contributed by atoms with van der Waals surface area (Å²) >= 11 is 0. The number of aliphatic hydroxyl groups excluding tert-OH is 1. The predicted octanol–water partition coefficient (Wildman–Crippen LogP) is 0.420. The van der Waals surface area contributed by atoms with Gasteiger partial charge in [-0.3, -0.25) is 4.79 Å². The average Bonchev–Trinajstić information content (AvgIpc) is 2.40. The molecule has 102 valence electrons. The number of nitrogens with zero attached hydrogens (tertiary/aromatic N) is 1. The molecule has 6 heteroatoms. The maximum Gasteiger partial charge on any atom is 0.332 e. The molecule has 2 rings (SSSR count). The second-order valence-corrected chi connectivity index (χ2v) is 4.44. The van der Waals surface area contributed by atoms with Gasteiger partial charge in [0, 0.05) is 7.05 Å². The third-order valence-electron chi connectivity index (χ3n) is 3.10. The van der Waals surface area contributed by atoms with Crippen molar-refractivity contribution in [1.29, 1.82) is 0 Å². The van der Waals surface area contributed by atoms with Crippen LogP contribution < -0.4 is 9.64 Å². The van der Waals surface area contributed by atoms with Crippen molar-refractivity contribution in [1.82, 2.24) is 0 Å². The lowest BCUT2D eigenvalue weighted by atomic mass is 10.0. The molecule has 1 aliphatic heterocycles. The van der Waals surface area contributed by atoms with Crippen LogP contribution in [-0.4, -0.2) is 41.8 Å². The van der Waals surface area contributed by atoms with Gasteiger partial charge >= 0.3 is 5.97 Å². The molecule has 0 spiro atoms. The summed E-state index contributed by atoms with van der Waals surface area (Å²) in [4.78, 5) is 23.5. The summed E-state index contributed by atoms with van der Waals surface area (Å²) in [5.41, 5.74) is 1.52. The highest BCUT2D eigenvalue weighted by atomic mass is 16.5. The number of aliphatic carboxylic acids is 1. The Morgan fingerprint density at radius 2 is 2.26 bits per heavy atom. The lowest BCUT2D eigenvalue weighted by molar-refractivity contribution is -0.146. The van der Waals surface area contributed by atoms with Gasteiger partial charge in [0.25, 0.3) is 5.91 Å². The van der Waals surface area contributed by atoms with Gasteiger partial charge in [-0.1, -0.05) is 6.07 Å². The highest BCUT2D eigenvalue weighted by Gasteiger charge is 2.22. The number of carboxylic acids is 1. The van der Waals surface area contributed by atoms with Gasteiger partial charge in [0.2, 0.25) is 0 Å². The van der Waals surface area contributed by atoms with Gasteiger partial charge in [-0.15, -0.1) is 0 Å². The minimum absolute atomic E-state index is 0.0283. The Bertz CT molecular complexity index is 514. The number of aliphatic hydroxyl groups is 1. The molecular formula is C13H15NO5. The molecule has 19 heavy (non-hydrogen) atoms. The SMILES string of the molecule is CN1C(=O)COc2ccc(CCC(O)C(=O)O)cc21. The first-order chi connectivity index (χ1) is 8.99. The Morgan fingerprint density at radius 1 is 1.53 bits per heavy atom. The van der Waals surface area contributed by atoms with Gasteiger partial charge in [0.15, 0.2) is 12.7 Å². The highest BCUT2D eigenvalue weighted by Crippen LogP contribution is 2.32. The van der Waals surface area contributed by atoms with E-state index in [-0.39, 0.29) is 18.9 Å². The summed E-state index contributed by atoms with van der Waals surface area (Å²) in [7, 11) is 1.67. The zero-order valence-corrected chi connectivity index (χ0v) is 10.5. The van der Waals surface area contributed by atoms with E-state index >= 15 is 0 Å². The average molecular weight is 265 g/mol. The van der Waals surface area contributed by atoms with E-state index in [0.717, 1.165) is 5.56 Å². The van der Waals surface area contributed by atoms with Crippen LogP contribution in [0.5, 0.6) is 5.75 Å². The van der Waals surface area contributed by atoms with E-state index in [0.29, 0.717) is 17.9 Å². The number of fused-ring (bicyclic) bond motifs is 1. The standard InChI is InChI=1S/C13H15NO5/c1-14-9-6-8(2-4-10(15)13(17)18)3-5-11(9)19-7-12(14)16/h3,5-6,10,15H,2,4,7H2,1H3,(H,17,18). The topological polar surface area (TPSA) is 87.1 Å². The molecule has 1 aliphatic rings. The molecule has 1 aromatic rings. The lowest BCUT2D eigenvalue weighted by Gasteiger charge is -2.26. The van der Waals surface area contributed by atoms with E-state index in [1.165, 1.54) is 4.90 Å². The first-order valence-corrected chi connectivity index (χ1v) is 5.92. The van der Waals surface area contributed by atoms with Crippen molar-refractivity contribution in [3.63, 3.8) is 0 Å². The van der Waals surface area contributed by atoms with E-state index in [4.69, 9.17) is 9.84 Å². The molecule has 0 bridgehead atoms. The first-order valence-electron chi connectivity index (χ1n) is 5.92. The van der Waals surface area contributed by atoms with Crippen LogP contribution in [0.2, 0.25) is 0 Å². The number of hydrogen-bond acceptors (Lipinski definition) is 4. The van der Waals surface area contributed by atoms with Crippen LogP contribution in [0.4, 0.5) is 5.69 Å². The number of carboxylic acid groups (broad SMARTS) is 1. The molecule has 1 amide bonds. The number of aryl methyl sites for hydroxylation is 1. The fourth-order valence-corrected chi connectivity index (χ4v) is 1.90. The number of amides is 1. The molecule has 0 radical (unpaired) electrons. The van der Waals surface area contributed by atoms with Crippen molar-refractivity contribution in [3.05, 3.63) is 23.8 Å². The van der Waals surface area contributed by atoms with Gasteiger partial charge in [0.1, 0.15) is 5.75 Å². The first kappa shape index (κ1) is 13.4. The second-order valence-electron chi connectivity index (χ2n) is 4.44. The van der Waals surface area contributed by atoms with Crippen LogP contribution in [0.1, 0.15) is 12.0 Å². The Hall–Kier alpha value is -2.08. The van der Waals surface area contributed by atoms with Crippen LogP contribution in [0.15, 0.2) is 18.2 Å². The number of carbonyl (C=O) groups is 2. The van der Waals surface area contributed by atoms with Crippen LogP contribution in [0.3, 0.4) is 0 Å². The van der Waals surface area contributed by atoms with Crippen LogP contribution in [0.25, 0.3) is 0 Å². The van der Waals surface area contributed by atoms with Crippen LogP contribution >= 0.6 is 0 Å².